The standard InChI is InChI=1S/C14H25NO4/c15-12(9-13-17-7-8-18-13)11-1-4-19-14(10-11)2-5-16-6-3-14/h11-13H,1-10,15H2. The summed E-state index contributed by atoms with van der Waals surface area (Å²) in [6.45, 7) is 3.86. The van der Waals surface area contributed by atoms with Gasteiger partial charge in [-0.2, -0.15) is 0 Å². The van der Waals surface area contributed by atoms with Crippen LogP contribution in [0.4, 0.5) is 0 Å². The molecule has 3 aliphatic heterocycles. The van der Waals surface area contributed by atoms with Crippen molar-refractivity contribution in [1.82, 2.24) is 0 Å². The van der Waals surface area contributed by atoms with E-state index in [1.165, 1.54) is 0 Å². The molecule has 19 heavy (non-hydrogen) atoms. The van der Waals surface area contributed by atoms with Crippen LogP contribution in [-0.2, 0) is 18.9 Å². The van der Waals surface area contributed by atoms with Crippen LogP contribution in [0.25, 0.3) is 0 Å². The summed E-state index contributed by atoms with van der Waals surface area (Å²) in [5.74, 6) is 0.514. The molecule has 1 spiro atoms. The van der Waals surface area contributed by atoms with Gasteiger partial charge in [-0.15, -0.1) is 0 Å². The van der Waals surface area contributed by atoms with E-state index in [0.717, 1.165) is 51.9 Å². The maximum atomic E-state index is 6.37. The zero-order valence-corrected chi connectivity index (χ0v) is 11.5. The van der Waals surface area contributed by atoms with E-state index in [2.05, 4.69) is 0 Å². The van der Waals surface area contributed by atoms with Crippen LogP contribution in [0.2, 0.25) is 0 Å². The normalized spacial score (nSPS) is 33.6. The molecule has 3 saturated heterocycles. The molecule has 0 saturated carbocycles. The molecule has 0 amide bonds. The Balaban J connectivity index is 1.54. The lowest BCUT2D eigenvalue weighted by Crippen LogP contribution is -2.48. The van der Waals surface area contributed by atoms with Crippen molar-refractivity contribution in [2.45, 2.75) is 50.0 Å². The van der Waals surface area contributed by atoms with E-state index in [-0.39, 0.29) is 17.9 Å². The van der Waals surface area contributed by atoms with E-state index in [1.54, 1.807) is 0 Å². The Morgan fingerprint density at radius 1 is 1.05 bits per heavy atom. The summed E-state index contributed by atoms with van der Waals surface area (Å²) >= 11 is 0. The highest BCUT2D eigenvalue weighted by molar-refractivity contribution is 4.92. The Morgan fingerprint density at radius 2 is 1.79 bits per heavy atom. The van der Waals surface area contributed by atoms with Crippen molar-refractivity contribution >= 4 is 0 Å². The second-order valence-corrected chi connectivity index (χ2v) is 5.97. The van der Waals surface area contributed by atoms with Gasteiger partial charge in [0.05, 0.1) is 18.8 Å². The number of hydrogen-bond donors (Lipinski definition) is 1. The first kappa shape index (κ1) is 13.8. The van der Waals surface area contributed by atoms with Gasteiger partial charge in [-0.25, -0.2) is 0 Å². The summed E-state index contributed by atoms with van der Waals surface area (Å²) in [5.41, 5.74) is 6.40. The molecule has 5 nitrogen and oxygen atoms in total. The first-order valence-corrected chi connectivity index (χ1v) is 7.48. The van der Waals surface area contributed by atoms with Crippen molar-refractivity contribution in [2.75, 3.05) is 33.0 Å². The van der Waals surface area contributed by atoms with Crippen molar-refractivity contribution in [3.05, 3.63) is 0 Å². The Morgan fingerprint density at radius 3 is 2.53 bits per heavy atom. The third-order valence-electron chi connectivity index (χ3n) is 4.70. The van der Waals surface area contributed by atoms with Crippen molar-refractivity contribution in [3.8, 4) is 0 Å². The minimum atomic E-state index is -0.0940. The molecule has 2 N–H and O–H groups in total. The second kappa shape index (κ2) is 6.06. The quantitative estimate of drug-likeness (QED) is 0.831. The van der Waals surface area contributed by atoms with E-state index in [0.29, 0.717) is 19.1 Å². The molecule has 0 aromatic heterocycles. The molecule has 3 fully saturated rings. The molecule has 3 rings (SSSR count). The van der Waals surface area contributed by atoms with Crippen LogP contribution in [0.3, 0.4) is 0 Å². The Labute approximate surface area is 114 Å². The molecule has 5 heteroatoms. The number of rotatable bonds is 3. The molecule has 0 bridgehead atoms. The van der Waals surface area contributed by atoms with Crippen molar-refractivity contribution in [3.63, 3.8) is 0 Å². The molecule has 0 radical (unpaired) electrons. The summed E-state index contributed by atoms with van der Waals surface area (Å²) in [5, 5.41) is 0. The highest BCUT2D eigenvalue weighted by Crippen LogP contribution is 2.38. The van der Waals surface area contributed by atoms with Crippen LogP contribution in [0.1, 0.15) is 32.1 Å². The van der Waals surface area contributed by atoms with Gasteiger partial charge < -0.3 is 24.7 Å². The second-order valence-electron chi connectivity index (χ2n) is 5.97. The molecule has 0 aromatic carbocycles. The van der Waals surface area contributed by atoms with Gasteiger partial charge in [-0.1, -0.05) is 0 Å². The van der Waals surface area contributed by atoms with Crippen LogP contribution >= 0.6 is 0 Å². The molecular weight excluding hydrogens is 246 g/mol. The SMILES string of the molecule is NC(CC1OCCO1)C1CCOC2(CCOCC2)C1. The fourth-order valence-electron chi connectivity index (χ4n) is 3.48. The lowest BCUT2D eigenvalue weighted by atomic mass is 9.77. The molecule has 0 aromatic rings. The monoisotopic (exact) mass is 271 g/mol. The molecule has 2 atom stereocenters. The van der Waals surface area contributed by atoms with Crippen molar-refractivity contribution < 1.29 is 18.9 Å². The predicted octanol–water partition coefficient (Wildman–Crippen LogP) is 1.05. The lowest BCUT2D eigenvalue weighted by molar-refractivity contribution is -0.151. The first-order valence-electron chi connectivity index (χ1n) is 7.48. The van der Waals surface area contributed by atoms with Crippen LogP contribution in [-0.4, -0.2) is 51.0 Å². The van der Waals surface area contributed by atoms with Gasteiger partial charge >= 0.3 is 0 Å². The van der Waals surface area contributed by atoms with Gasteiger partial charge in [0.25, 0.3) is 0 Å². The number of hydrogen-bond acceptors (Lipinski definition) is 5. The number of ether oxygens (including phenoxy) is 4. The lowest BCUT2D eigenvalue weighted by Gasteiger charge is -2.45. The predicted molar refractivity (Wildman–Crippen MR) is 69.7 cm³/mol. The van der Waals surface area contributed by atoms with E-state index in [4.69, 9.17) is 24.7 Å². The third kappa shape index (κ3) is 3.28. The van der Waals surface area contributed by atoms with Crippen molar-refractivity contribution in [2.24, 2.45) is 11.7 Å². The van der Waals surface area contributed by atoms with Crippen molar-refractivity contribution in [1.29, 1.82) is 0 Å². The van der Waals surface area contributed by atoms with Gasteiger partial charge in [0.1, 0.15) is 0 Å². The molecule has 0 aliphatic carbocycles. The van der Waals surface area contributed by atoms with E-state index in [9.17, 15) is 0 Å². The molecule has 2 unspecified atom stereocenters. The molecule has 110 valence electrons. The molecular formula is C14H25NO4. The number of nitrogens with two attached hydrogens (primary N) is 1. The molecule has 3 heterocycles. The average molecular weight is 271 g/mol. The summed E-state index contributed by atoms with van der Waals surface area (Å²) in [4.78, 5) is 0. The van der Waals surface area contributed by atoms with Crippen LogP contribution < -0.4 is 5.73 Å². The van der Waals surface area contributed by atoms with Gasteiger partial charge in [0.2, 0.25) is 0 Å². The fourth-order valence-corrected chi connectivity index (χ4v) is 3.48. The maximum Gasteiger partial charge on any atom is 0.159 e. The topological polar surface area (TPSA) is 62.9 Å². The largest absolute Gasteiger partial charge is 0.381 e. The summed E-state index contributed by atoms with van der Waals surface area (Å²) in [6.07, 6.45) is 4.83. The van der Waals surface area contributed by atoms with E-state index >= 15 is 0 Å². The summed E-state index contributed by atoms with van der Waals surface area (Å²) in [7, 11) is 0. The van der Waals surface area contributed by atoms with Gasteiger partial charge in [0.15, 0.2) is 6.29 Å². The average Bonchev–Trinajstić information content (AvgIpc) is 2.92. The van der Waals surface area contributed by atoms with Gasteiger partial charge in [0, 0.05) is 32.3 Å². The Bertz CT molecular complexity index is 282. The molecule has 3 aliphatic rings. The van der Waals surface area contributed by atoms with Gasteiger partial charge in [-0.05, 0) is 31.6 Å². The zero-order valence-electron chi connectivity index (χ0n) is 11.5. The highest BCUT2D eigenvalue weighted by Gasteiger charge is 2.41. The highest BCUT2D eigenvalue weighted by atomic mass is 16.7. The first-order chi connectivity index (χ1) is 9.27. The Hall–Kier alpha value is -0.200. The van der Waals surface area contributed by atoms with Crippen LogP contribution in [0, 0.1) is 5.92 Å². The van der Waals surface area contributed by atoms with E-state index < -0.39 is 0 Å². The summed E-state index contributed by atoms with van der Waals surface area (Å²) < 4.78 is 22.5. The smallest absolute Gasteiger partial charge is 0.159 e. The van der Waals surface area contributed by atoms with Crippen LogP contribution in [0.5, 0.6) is 0 Å². The third-order valence-corrected chi connectivity index (χ3v) is 4.70. The van der Waals surface area contributed by atoms with Crippen LogP contribution in [0.15, 0.2) is 0 Å². The summed E-state index contributed by atoms with van der Waals surface area (Å²) in [6, 6.07) is 0.145. The van der Waals surface area contributed by atoms with Gasteiger partial charge in [-0.3, -0.25) is 0 Å². The zero-order chi connectivity index (χ0) is 13.1. The minimum Gasteiger partial charge on any atom is -0.381 e. The fraction of sp³-hybridized carbons (Fsp3) is 1.00. The maximum absolute atomic E-state index is 6.37. The van der Waals surface area contributed by atoms with E-state index in [1.807, 2.05) is 0 Å². The Kier molecular flexibility index (Phi) is 4.39. The minimum absolute atomic E-state index is 0.0240.